The Kier molecular flexibility index (Phi) is 5.39. The molecule has 0 atom stereocenters. The molecule has 0 radical (unpaired) electrons. The maximum absolute atomic E-state index is 13.1. The summed E-state index contributed by atoms with van der Waals surface area (Å²) in [7, 11) is 0. The number of Topliss-reactive ketones (excluding diaryl/α,β-unsaturated/α-hetero) is 1. The Morgan fingerprint density at radius 3 is 1.97 bits per heavy atom. The van der Waals surface area contributed by atoms with Crippen LogP contribution in [0.4, 0.5) is 0 Å². The van der Waals surface area contributed by atoms with E-state index in [4.69, 9.17) is 4.74 Å². The van der Waals surface area contributed by atoms with Gasteiger partial charge in [0.15, 0.2) is 12.4 Å². The van der Waals surface area contributed by atoms with Crippen molar-refractivity contribution in [2.75, 3.05) is 6.61 Å². The molecule has 3 nitrogen and oxygen atoms in total. The van der Waals surface area contributed by atoms with Crippen molar-refractivity contribution in [1.29, 1.82) is 0 Å². The number of ether oxygens (including phenoxy) is 1. The molecule has 0 saturated heterocycles. The van der Waals surface area contributed by atoms with Gasteiger partial charge in [-0.3, -0.25) is 9.59 Å². The molecule has 0 aromatic heterocycles. The molecule has 3 heteroatoms. The lowest BCUT2D eigenvalue weighted by Gasteiger charge is -2.17. The number of rotatable bonds is 6. The number of hydrogen-bond acceptors (Lipinski definition) is 3. The highest BCUT2D eigenvalue weighted by Crippen LogP contribution is 2.37. The average Bonchev–Trinajstić information content (AvgIpc) is 3.22. The van der Waals surface area contributed by atoms with Gasteiger partial charge in [0.1, 0.15) is 5.92 Å². The minimum Gasteiger partial charge on any atom is -0.457 e. The zero-order chi connectivity index (χ0) is 21.9. The van der Waals surface area contributed by atoms with E-state index in [-0.39, 0.29) is 12.4 Å². The van der Waals surface area contributed by atoms with Gasteiger partial charge in [-0.25, -0.2) is 0 Å². The van der Waals surface area contributed by atoms with Crippen molar-refractivity contribution in [1.82, 2.24) is 0 Å². The molecule has 0 fully saturated rings. The van der Waals surface area contributed by atoms with Gasteiger partial charge in [0.2, 0.25) is 0 Å². The number of hydrogen-bond donors (Lipinski definition) is 0. The van der Waals surface area contributed by atoms with Crippen LogP contribution in [0.5, 0.6) is 0 Å². The van der Waals surface area contributed by atoms with Crippen LogP contribution in [0, 0.1) is 0 Å². The predicted molar refractivity (Wildman–Crippen MR) is 125 cm³/mol. The van der Waals surface area contributed by atoms with Crippen LogP contribution in [0.25, 0.3) is 11.1 Å². The molecule has 4 aromatic carbocycles. The first-order valence-electron chi connectivity index (χ1n) is 10.7. The fraction of sp³-hybridized carbons (Fsp3) is 0.103. The van der Waals surface area contributed by atoms with E-state index >= 15 is 0 Å². The summed E-state index contributed by atoms with van der Waals surface area (Å²) in [5, 5.41) is 0. The minimum atomic E-state index is -0.572. The van der Waals surface area contributed by atoms with E-state index in [1.165, 1.54) is 16.7 Å². The Hall–Kier alpha value is -3.98. The van der Waals surface area contributed by atoms with Gasteiger partial charge in [0.25, 0.3) is 0 Å². The Labute approximate surface area is 187 Å². The Balaban J connectivity index is 1.34. The Morgan fingerprint density at radius 2 is 1.28 bits per heavy atom. The highest BCUT2D eigenvalue weighted by atomic mass is 16.5. The molecule has 1 aliphatic carbocycles. The van der Waals surface area contributed by atoms with Gasteiger partial charge in [0, 0.05) is 5.56 Å². The van der Waals surface area contributed by atoms with Crippen molar-refractivity contribution in [3.63, 3.8) is 0 Å². The fourth-order valence-corrected chi connectivity index (χ4v) is 4.36. The Morgan fingerprint density at radius 1 is 0.688 bits per heavy atom. The molecule has 1 aliphatic rings. The zero-order valence-corrected chi connectivity index (χ0v) is 17.5. The third kappa shape index (κ3) is 3.85. The topological polar surface area (TPSA) is 43.4 Å². The van der Waals surface area contributed by atoms with Gasteiger partial charge in [-0.2, -0.15) is 0 Å². The zero-order valence-electron chi connectivity index (χ0n) is 17.5. The highest BCUT2D eigenvalue weighted by Gasteiger charge is 2.25. The second-order valence-corrected chi connectivity index (χ2v) is 7.99. The smallest absolute Gasteiger partial charge is 0.318 e. The lowest BCUT2D eigenvalue weighted by atomic mass is 9.91. The molecule has 0 saturated carbocycles. The van der Waals surface area contributed by atoms with Gasteiger partial charge in [-0.1, -0.05) is 97.1 Å². The number of ketones is 1. The van der Waals surface area contributed by atoms with Gasteiger partial charge in [0.05, 0.1) is 0 Å². The van der Waals surface area contributed by atoms with Crippen molar-refractivity contribution in [2.24, 2.45) is 0 Å². The predicted octanol–water partition coefficient (Wildman–Crippen LogP) is 5.82. The van der Waals surface area contributed by atoms with Gasteiger partial charge in [-0.15, -0.1) is 0 Å². The average molecular weight is 418 g/mol. The van der Waals surface area contributed by atoms with Crippen LogP contribution >= 0.6 is 0 Å². The number of carbonyl (C=O) groups excluding carboxylic acids is 2. The third-order valence-electron chi connectivity index (χ3n) is 5.97. The van der Waals surface area contributed by atoms with E-state index in [9.17, 15) is 9.59 Å². The van der Waals surface area contributed by atoms with Crippen molar-refractivity contribution < 1.29 is 14.3 Å². The highest BCUT2D eigenvalue weighted by molar-refractivity contribution is 6.00. The SMILES string of the molecule is O=C(COC(=O)C(c1ccccc1)c1ccccc1)c1ccc2c(c1)-c1ccccc1C2. The van der Waals surface area contributed by atoms with E-state index in [1.54, 1.807) is 0 Å². The van der Waals surface area contributed by atoms with Crippen molar-refractivity contribution in [2.45, 2.75) is 12.3 Å². The van der Waals surface area contributed by atoms with Crippen LogP contribution in [0.15, 0.2) is 103 Å². The molecule has 156 valence electrons. The van der Waals surface area contributed by atoms with E-state index in [2.05, 4.69) is 12.1 Å². The molecule has 0 unspecified atom stereocenters. The summed E-state index contributed by atoms with van der Waals surface area (Å²) in [4.78, 5) is 25.9. The number of esters is 1. The second kappa shape index (κ2) is 8.64. The fourth-order valence-electron chi connectivity index (χ4n) is 4.36. The molecule has 0 bridgehead atoms. The minimum absolute atomic E-state index is 0.203. The maximum Gasteiger partial charge on any atom is 0.318 e. The van der Waals surface area contributed by atoms with Crippen LogP contribution in [0.2, 0.25) is 0 Å². The molecule has 0 spiro atoms. The summed E-state index contributed by atoms with van der Waals surface area (Å²) in [6.45, 7) is -0.282. The molecule has 0 heterocycles. The quantitative estimate of drug-likeness (QED) is 0.258. The van der Waals surface area contributed by atoms with E-state index < -0.39 is 11.9 Å². The lowest BCUT2D eigenvalue weighted by Crippen LogP contribution is -2.21. The van der Waals surface area contributed by atoms with Gasteiger partial charge in [-0.05, 0) is 45.9 Å². The molecular formula is C29H22O3. The number of fused-ring (bicyclic) bond motifs is 3. The van der Waals surface area contributed by atoms with Crippen molar-refractivity contribution in [3.8, 4) is 11.1 Å². The van der Waals surface area contributed by atoms with E-state index in [0.717, 1.165) is 23.1 Å². The van der Waals surface area contributed by atoms with Crippen LogP contribution in [0.1, 0.15) is 38.5 Å². The van der Waals surface area contributed by atoms with Gasteiger partial charge >= 0.3 is 5.97 Å². The first-order chi connectivity index (χ1) is 15.7. The molecular weight excluding hydrogens is 396 g/mol. The first-order valence-corrected chi connectivity index (χ1v) is 10.7. The second-order valence-electron chi connectivity index (χ2n) is 7.99. The Bertz CT molecular complexity index is 1240. The third-order valence-corrected chi connectivity index (χ3v) is 5.97. The van der Waals surface area contributed by atoms with Crippen molar-refractivity contribution >= 4 is 11.8 Å². The molecule has 0 N–H and O–H groups in total. The van der Waals surface area contributed by atoms with Crippen LogP contribution in [-0.2, 0) is 16.0 Å². The standard InChI is InChI=1S/C29H22O3/c30-27(24-16-15-23-17-22-13-7-8-14-25(22)26(23)18-24)19-32-29(31)28(20-9-3-1-4-10-20)21-11-5-2-6-12-21/h1-16,18,28H,17,19H2. The molecule has 5 rings (SSSR count). The van der Waals surface area contributed by atoms with E-state index in [1.807, 2.05) is 91.0 Å². The van der Waals surface area contributed by atoms with Gasteiger partial charge < -0.3 is 4.74 Å². The summed E-state index contributed by atoms with van der Waals surface area (Å²) < 4.78 is 5.53. The molecule has 32 heavy (non-hydrogen) atoms. The summed E-state index contributed by atoms with van der Waals surface area (Å²) in [5.41, 5.74) is 6.98. The molecule has 0 aliphatic heterocycles. The maximum atomic E-state index is 13.1. The summed E-state index contributed by atoms with van der Waals surface area (Å²) in [5.74, 6) is -1.20. The number of benzene rings is 4. The lowest BCUT2D eigenvalue weighted by molar-refractivity contribution is -0.143. The normalized spacial score (nSPS) is 11.7. The summed E-state index contributed by atoms with van der Waals surface area (Å²) >= 11 is 0. The largest absolute Gasteiger partial charge is 0.457 e. The van der Waals surface area contributed by atoms with E-state index in [0.29, 0.717) is 5.56 Å². The monoisotopic (exact) mass is 418 g/mol. The summed E-state index contributed by atoms with van der Waals surface area (Å²) in [6.07, 6.45) is 0.880. The summed E-state index contributed by atoms with van der Waals surface area (Å²) in [6, 6.07) is 33.0. The number of carbonyl (C=O) groups is 2. The van der Waals surface area contributed by atoms with Crippen LogP contribution in [0.3, 0.4) is 0 Å². The van der Waals surface area contributed by atoms with Crippen molar-refractivity contribution in [3.05, 3.63) is 131 Å². The van der Waals surface area contributed by atoms with Crippen LogP contribution in [-0.4, -0.2) is 18.4 Å². The molecule has 0 amide bonds. The molecule has 4 aromatic rings. The first kappa shape index (κ1) is 20.0. The van der Waals surface area contributed by atoms with Crippen LogP contribution < -0.4 is 0 Å².